The molecule has 0 saturated carbocycles. The zero-order valence-electron chi connectivity index (χ0n) is 9.82. The highest BCUT2D eigenvalue weighted by Crippen LogP contribution is 2.25. The molecule has 1 aliphatic rings. The summed E-state index contributed by atoms with van der Waals surface area (Å²) in [6, 6.07) is 10.00. The minimum absolute atomic E-state index is 0.477. The fraction of sp³-hybridized carbons (Fsp3) is 0.250. The molecule has 5 nitrogen and oxygen atoms in total. The van der Waals surface area contributed by atoms with Gasteiger partial charge in [-0.1, -0.05) is 42.1 Å². The van der Waals surface area contributed by atoms with Crippen molar-refractivity contribution in [2.75, 3.05) is 5.75 Å². The fourth-order valence-corrected chi connectivity index (χ4v) is 2.62. The molecule has 0 unspecified atom stereocenters. The summed E-state index contributed by atoms with van der Waals surface area (Å²) >= 11 is 1.58. The normalized spacial score (nSPS) is 16.0. The lowest BCUT2D eigenvalue weighted by molar-refractivity contribution is 0.184. The summed E-state index contributed by atoms with van der Waals surface area (Å²) in [5.41, 5.74) is 2.05. The first-order valence-electron chi connectivity index (χ1n) is 5.65. The van der Waals surface area contributed by atoms with Gasteiger partial charge in [-0.05, 0) is 12.5 Å². The van der Waals surface area contributed by atoms with Gasteiger partial charge in [0.15, 0.2) is 5.82 Å². The SMILES string of the molecule is C[C@H](O)c1nnc2n1N=C(c1ccccc1)CS2. The van der Waals surface area contributed by atoms with E-state index in [9.17, 15) is 5.11 Å². The zero-order chi connectivity index (χ0) is 12.5. The van der Waals surface area contributed by atoms with Gasteiger partial charge in [0.2, 0.25) is 5.16 Å². The fourth-order valence-electron chi connectivity index (χ4n) is 1.78. The van der Waals surface area contributed by atoms with Crippen molar-refractivity contribution in [3.63, 3.8) is 0 Å². The van der Waals surface area contributed by atoms with E-state index in [0.717, 1.165) is 22.2 Å². The molecule has 1 atom stereocenters. The van der Waals surface area contributed by atoms with Crippen LogP contribution in [0.15, 0.2) is 40.6 Å². The standard InChI is InChI=1S/C12H12N4OS/c1-8(17)11-13-14-12-16(11)15-10(7-18-12)9-5-3-2-4-6-9/h2-6,8,17H,7H2,1H3/t8-/m0/s1. The van der Waals surface area contributed by atoms with Gasteiger partial charge >= 0.3 is 0 Å². The molecule has 1 aromatic heterocycles. The maximum absolute atomic E-state index is 9.62. The molecule has 2 heterocycles. The third-order valence-corrected chi connectivity index (χ3v) is 3.61. The maximum Gasteiger partial charge on any atom is 0.212 e. The minimum atomic E-state index is -0.675. The molecule has 0 bridgehead atoms. The Morgan fingerprint density at radius 1 is 1.28 bits per heavy atom. The van der Waals surface area contributed by atoms with E-state index < -0.39 is 6.10 Å². The van der Waals surface area contributed by atoms with Gasteiger partial charge in [0.05, 0.1) is 5.71 Å². The number of aliphatic hydroxyl groups is 1. The third-order valence-electron chi connectivity index (χ3n) is 2.68. The van der Waals surface area contributed by atoms with E-state index >= 15 is 0 Å². The van der Waals surface area contributed by atoms with Gasteiger partial charge < -0.3 is 5.11 Å². The summed E-state index contributed by atoms with van der Waals surface area (Å²) in [5, 5.41) is 22.9. The lowest BCUT2D eigenvalue weighted by atomic mass is 10.1. The zero-order valence-corrected chi connectivity index (χ0v) is 10.6. The van der Waals surface area contributed by atoms with Gasteiger partial charge in [-0.2, -0.15) is 9.78 Å². The molecule has 0 radical (unpaired) electrons. The van der Waals surface area contributed by atoms with E-state index in [1.54, 1.807) is 23.4 Å². The highest BCUT2D eigenvalue weighted by Gasteiger charge is 2.21. The Kier molecular flexibility index (Phi) is 2.89. The molecule has 1 aromatic carbocycles. The van der Waals surface area contributed by atoms with Crippen LogP contribution in [0.2, 0.25) is 0 Å². The Hall–Kier alpha value is -1.66. The number of thioether (sulfide) groups is 1. The third kappa shape index (κ3) is 1.93. The Bertz CT molecular complexity index is 591. The molecular weight excluding hydrogens is 248 g/mol. The molecule has 18 heavy (non-hydrogen) atoms. The maximum atomic E-state index is 9.62. The van der Waals surface area contributed by atoms with Crippen LogP contribution < -0.4 is 0 Å². The first-order valence-corrected chi connectivity index (χ1v) is 6.63. The van der Waals surface area contributed by atoms with Crippen LogP contribution in [-0.2, 0) is 0 Å². The van der Waals surface area contributed by atoms with Crippen LogP contribution in [0.1, 0.15) is 24.4 Å². The lowest BCUT2D eigenvalue weighted by Gasteiger charge is -2.14. The van der Waals surface area contributed by atoms with Crippen molar-refractivity contribution in [3.8, 4) is 0 Å². The van der Waals surface area contributed by atoms with Crippen molar-refractivity contribution in [2.24, 2.45) is 5.10 Å². The van der Waals surface area contributed by atoms with Crippen molar-refractivity contribution in [3.05, 3.63) is 41.7 Å². The molecule has 1 N–H and O–H groups in total. The van der Waals surface area contributed by atoms with E-state index in [2.05, 4.69) is 15.3 Å². The number of nitrogens with zero attached hydrogens (tertiary/aromatic N) is 4. The molecule has 2 aromatic rings. The molecular formula is C12H12N4OS. The highest BCUT2D eigenvalue weighted by molar-refractivity contribution is 7.99. The van der Waals surface area contributed by atoms with E-state index in [1.807, 2.05) is 30.3 Å². The van der Waals surface area contributed by atoms with E-state index in [0.29, 0.717) is 5.82 Å². The summed E-state index contributed by atoms with van der Waals surface area (Å²) in [6.45, 7) is 1.66. The number of aliphatic hydroxyl groups excluding tert-OH is 1. The van der Waals surface area contributed by atoms with Gasteiger partial charge in [0.1, 0.15) is 6.10 Å². The molecule has 92 valence electrons. The number of rotatable bonds is 2. The number of benzene rings is 1. The van der Waals surface area contributed by atoms with E-state index in [4.69, 9.17) is 0 Å². The molecule has 0 fully saturated rings. The Balaban J connectivity index is 2.05. The second-order valence-corrected chi connectivity index (χ2v) is 4.97. The molecule has 3 rings (SSSR count). The van der Waals surface area contributed by atoms with Gasteiger partial charge in [-0.3, -0.25) is 0 Å². The summed E-state index contributed by atoms with van der Waals surface area (Å²) in [6.07, 6.45) is -0.675. The Labute approximate surface area is 109 Å². The molecule has 6 heteroatoms. The largest absolute Gasteiger partial charge is 0.385 e. The predicted molar refractivity (Wildman–Crippen MR) is 69.8 cm³/mol. The predicted octanol–water partition coefficient (Wildman–Crippen LogP) is 1.69. The van der Waals surface area contributed by atoms with Gasteiger partial charge in [-0.15, -0.1) is 10.2 Å². The van der Waals surface area contributed by atoms with Crippen molar-refractivity contribution in [1.82, 2.24) is 14.9 Å². The second kappa shape index (κ2) is 4.55. The molecule has 0 saturated heterocycles. The van der Waals surface area contributed by atoms with Crippen LogP contribution in [0, 0.1) is 0 Å². The van der Waals surface area contributed by atoms with Gasteiger partial charge in [-0.25, -0.2) is 0 Å². The van der Waals surface area contributed by atoms with Crippen LogP contribution in [0.4, 0.5) is 0 Å². The van der Waals surface area contributed by atoms with Gasteiger partial charge in [0.25, 0.3) is 0 Å². The number of fused-ring (bicyclic) bond motifs is 1. The Morgan fingerprint density at radius 2 is 2.06 bits per heavy atom. The van der Waals surface area contributed by atoms with Crippen molar-refractivity contribution < 1.29 is 5.11 Å². The van der Waals surface area contributed by atoms with Crippen LogP contribution in [0.5, 0.6) is 0 Å². The second-order valence-electron chi connectivity index (χ2n) is 4.03. The Morgan fingerprint density at radius 3 is 2.78 bits per heavy atom. The van der Waals surface area contributed by atoms with E-state index in [-0.39, 0.29) is 0 Å². The lowest BCUT2D eigenvalue weighted by Crippen LogP contribution is -2.15. The van der Waals surface area contributed by atoms with Crippen LogP contribution in [-0.4, -0.2) is 31.4 Å². The highest BCUT2D eigenvalue weighted by atomic mass is 32.2. The monoisotopic (exact) mass is 260 g/mol. The van der Waals surface area contributed by atoms with Crippen LogP contribution in [0.25, 0.3) is 0 Å². The van der Waals surface area contributed by atoms with Crippen molar-refractivity contribution in [1.29, 1.82) is 0 Å². The number of hydrogen-bond donors (Lipinski definition) is 1. The minimum Gasteiger partial charge on any atom is -0.385 e. The molecule has 1 aliphatic heterocycles. The van der Waals surface area contributed by atoms with Gasteiger partial charge in [0, 0.05) is 5.75 Å². The van der Waals surface area contributed by atoms with Crippen LogP contribution in [0.3, 0.4) is 0 Å². The summed E-state index contributed by atoms with van der Waals surface area (Å²) in [5.74, 6) is 1.24. The topological polar surface area (TPSA) is 63.3 Å². The average molecular weight is 260 g/mol. The van der Waals surface area contributed by atoms with Crippen LogP contribution >= 0.6 is 11.8 Å². The molecule has 0 amide bonds. The summed E-state index contributed by atoms with van der Waals surface area (Å²) < 4.78 is 1.63. The van der Waals surface area contributed by atoms with Crippen molar-refractivity contribution in [2.45, 2.75) is 18.2 Å². The van der Waals surface area contributed by atoms with E-state index in [1.165, 1.54) is 0 Å². The number of aromatic nitrogens is 3. The first kappa shape index (κ1) is 11.4. The number of hydrogen-bond acceptors (Lipinski definition) is 5. The first-order chi connectivity index (χ1) is 8.75. The molecule has 0 spiro atoms. The quantitative estimate of drug-likeness (QED) is 0.892. The summed E-state index contributed by atoms with van der Waals surface area (Å²) in [7, 11) is 0. The summed E-state index contributed by atoms with van der Waals surface area (Å²) in [4.78, 5) is 0. The average Bonchev–Trinajstić information content (AvgIpc) is 2.82. The molecule has 0 aliphatic carbocycles. The van der Waals surface area contributed by atoms with Crippen molar-refractivity contribution >= 4 is 17.5 Å². The smallest absolute Gasteiger partial charge is 0.212 e.